The van der Waals surface area contributed by atoms with Crippen LogP contribution in [0.4, 0.5) is 0 Å². The number of nitrogens with zero attached hydrogens (tertiary/aromatic N) is 2. The van der Waals surface area contributed by atoms with Gasteiger partial charge in [-0.15, -0.1) is 0 Å². The van der Waals surface area contributed by atoms with Gasteiger partial charge in [0, 0.05) is 45.6 Å². The standard InChI is InChI=1S/C15H28N2O3/c1-16-6-8-17(9-7-16)10-11-18-14-2-4-15(5-3-14)19-12-13-20-15/h14H,2-13H2,1H3. The highest BCUT2D eigenvalue weighted by molar-refractivity contribution is 4.83. The van der Waals surface area contributed by atoms with Crippen molar-refractivity contribution in [1.29, 1.82) is 0 Å². The molecule has 2 heterocycles. The van der Waals surface area contributed by atoms with Crippen LogP contribution in [0.1, 0.15) is 25.7 Å². The van der Waals surface area contributed by atoms with Crippen molar-refractivity contribution in [2.24, 2.45) is 0 Å². The highest BCUT2D eigenvalue weighted by atomic mass is 16.7. The molecule has 0 aromatic heterocycles. The lowest BCUT2D eigenvalue weighted by Crippen LogP contribution is -2.45. The summed E-state index contributed by atoms with van der Waals surface area (Å²) in [6.07, 6.45) is 4.53. The first-order valence-electron chi connectivity index (χ1n) is 8.06. The quantitative estimate of drug-likeness (QED) is 0.767. The summed E-state index contributed by atoms with van der Waals surface area (Å²) in [5.41, 5.74) is 0. The third kappa shape index (κ3) is 3.71. The molecule has 0 N–H and O–H groups in total. The number of ether oxygens (including phenoxy) is 3. The molecule has 1 aliphatic carbocycles. The monoisotopic (exact) mass is 284 g/mol. The van der Waals surface area contributed by atoms with Crippen molar-refractivity contribution in [1.82, 2.24) is 9.80 Å². The molecule has 3 fully saturated rings. The first kappa shape index (κ1) is 14.7. The fourth-order valence-electron chi connectivity index (χ4n) is 3.40. The van der Waals surface area contributed by atoms with Gasteiger partial charge in [-0.2, -0.15) is 0 Å². The van der Waals surface area contributed by atoms with Crippen LogP contribution in [0.2, 0.25) is 0 Å². The maximum absolute atomic E-state index is 6.05. The molecule has 3 rings (SSSR count). The third-order valence-corrected chi connectivity index (χ3v) is 4.86. The molecule has 0 atom stereocenters. The van der Waals surface area contributed by atoms with E-state index in [1.54, 1.807) is 0 Å². The van der Waals surface area contributed by atoms with Crippen molar-refractivity contribution in [2.75, 3.05) is 59.6 Å². The van der Waals surface area contributed by atoms with Crippen molar-refractivity contribution in [3.8, 4) is 0 Å². The maximum atomic E-state index is 6.05. The molecular formula is C15H28N2O3. The second kappa shape index (κ2) is 6.71. The first-order chi connectivity index (χ1) is 9.76. The number of likely N-dealkylation sites (N-methyl/N-ethyl adjacent to an activating group) is 1. The largest absolute Gasteiger partial charge is 0.377 e. The predicted molar refractivity (Wildman–Crippen MR) is 76.8 cm³/mol. The Morgan fingerprint density at radius 2 is 1.70 bits per heavy atom. The van der Waals surface area contributed by atoms with Crippen LogP contribution in [0.5, 0.6) is 0 Å². The van der Waals surface area contributed by atoms with Gasteiger partial charge in [0.15, 0.2) is 5.79 Å². The Bertz CT molecular complexity index is 289. The zero-order chi connectivity index (χ0) is 13.8. The van der Waals surface area contributed by atoms with Gasteiger partial charge in [-0.25, -0.2) is 0 Å². The Balaban J connectivity index is 1.30. The molecule has 2 aliphatic heterocycles. The molecule has 0 unspecified atom stereocenters. The predicted octanol–water partition coefficient (Wildman–Crippen LogP) is 0.936. The van der Waals surface area contributed by atoms with Gasteiger partial charge in [-0.05, 0) is 19.9 Å². The van der Waals surface area contributed by atoms with E-state index in [9.17, 15) is 0 Å². The molecule has 5 nitrogen and oxygen atoms in total. The lowest BCUT2D eigenvalue weighted by Gasteiger charge is -2.36. The SMILES string of the molecule is CN1CCN(CCOC2CCC3(CC2)OCCO3)CC1. The van der Waals surface area contributed by atoms with Crippen LogP contribution >= 0.6 is 0 Å². The minimum absolute atomic E-state index is 0.253. The highest BCUT2D eigenvalue weighted by Gasteiger charge is 2.40. The van der Waals surface area contributed by atoms with Gasteiger partial charge in [0.2, 0.25) is 0 Å². The molecule has 0 bridgehead atoms. The number of hydrogen-bond acceptors (Lipinski definition) is 5. The van der Waals surface area contributed by atoms with Crippen LogP contribution < -0.4 is 0 Å². The van der Waals surface area contributed by atoms with E-state index in [1.165, 1.54) is 26.2 Å². The van der Waals surface area contributed by atoms with Crippen molar-refractivity contribution in [2.45, 2.75) is 37.6 Å². The lowest BCUT2D eigenvalue weighted by molar-refractivity contribution is -0.192. The van der Waals surface area contributed by atoms with E-state index >= 15 is 0 Å². The molecule has 0 amide bonds. The summed E-state index contributed by atoms with van der Waals surface area (Å²) < 4.78 is 17.5. The Labute approximate surface area is 122 Å². The van der Waals surface area contributed by atoms with Gasteiger partial charge in [-0.3, -0.25) is 4.90 Å². The van der Waals surface area contributed by atoms with Gasteiger partial charge >= 0.3 is 0 Å². The number of rotatable bonds is 4. The average Bonchev–Trinajstić information content (AvgIpc) is 2.92. The molecule has 1 spiro atoms. The van der Waals surface area contributed by atoms with Crippen molar-refractivity contribution < 1.29 is 14.2 Å². The highest BCUT2D eigenvalue weighted by Crippen LogP contribution is 2.36. The second-order valence-electron chi connectivity index (χ2n) is 6.32. The second-order valence-corrected chi connectivity index (χ2v) is 6.32. The van der Waals surface area contributed by atoms with E-state index in [2.05, 4.69) is 16.8 Å². The number of hydrogen-bond donors (Lipinski definition) is 0. The van der Waals surface area contributed by atoms with E-state index in [1.807, 2.05) is 0 Å². The van der Waals surface area contributed by atoms with E-state index in [0.29, 0.717) is 6.10 Å². The van der Waals surface area contributed by atoms with E-state index < -0.39 is 0 Å². The topological polar surface area (TPSA) is 34.2 Å². The normalized spacial score (nSPS) is 29.2. The molecule has 0 radical (unpaired) electrons. The molecule has 2 saturated heterocycles. The Morgan fingerprint density at radius 3 is 2.35 bits per heavy atom. The Morgan fingerprint density at radius 1 is 1.05 bits per heavy atom. The van der Waals surface area contributed by atoms with Crippen molar-refractivity contribution in [3.05, 3.63) is 0 Å². The van der Waals surface area contributed by atoms with Gasteiger partial charge in [-0.1, -0.05) is 0 Å². The summed E-state index contributed by atoms with van der Waals surface area (Å²) in [5, 5.41) is 0. The smallest absolute Gasteiger partial charge is 0.168 e. The summed E-state index contributed by atoms with van der Waals surface area (Å²) in [6, 6.07) is 0. The fourth-order valence-corrected chi connectivity index (χ4v) is 3.40. The van der Waals surface area contributed by atoms with E-state index in [4.69, 9.17) is 14.2 Å². The summed E-state index contributed by atoms with van der Waals surface area (Å²) in [6.45, 7) is 8.17. The van der Waals surface area contributed by atoms with Crippen molar-refractivity contribution in [3.63, 3.8) is 0 Å². The zero-order valence-corrected chi connectivity index (χ0v) is 12.7. The van der Waals surface area contributed by atoms with Gasteiger partial charge < -0.3 is 19.1 Å². The summed E-state index contributed by atoms with van der Waals surface area (Å²) >= 11 is 0. The fraction of sp³-hybridized carbons (Fsp3) is 1.00. The van der Waals surface area contributed by atoms with E-state index in [-0.39, 0.29) is 5.79 Å². The molecule has 3 aliphatic rings. The summed E-state index contributed by atoms with van der Waals surface area (Å²) in [7, 11) is 2.19. The van der Waals surface area contributed by atoms with Crippen LogP contribution in [-0.2, 0) is 14.2 Å². The minimum atomic E-state index is -0.253. The maximum Gasteiger partial charge on any atom is 0.168 e. The lowest BCUT2D eigenvalue weighted by atomic mass is 9.92. The van der Waals surface area contributed by atoms with E-state index in [0.717, 1.165) is 52.0 Å². The average molecular weight is 284 g/mol. The molecular weight excluding hydrogens is 256 g/mol. The minimum Gasteiger partial charge on any atom is -0.377 e. The molecule has 0 aromatic carbocycles. The van der Waals surface area contributed by atoms with Gasteiger partial charge in [0.05, 0.1) is 25.9 Å². The van der Waals surface area contributed by atoms with Crippen LogP contribution in [0.3, 0.4) is 0 Å². The Hall–Kier alpha value is -0.200. The third-order valence-electron chi connectivity index (χ3n) is 4.86. The van der Waals surface area contributed by atoms with Crippen LogP contribution in [0.15, 0.2) is 0 Å². The van der Waals surface area contributed by atoms with Gasteiger partial charge in [0.1, 0.15) is 0 Å². The zero-order valence-electron chi connectivity index (χ0n) is 12.7. The molecule has 116 valence electrons. The summed E-state index contributed by atoms with van der Waals surface area (Å²) in [5.74, 6) is -0.253. The van der Waals surface area contributed by atoms with Crippen LogP contribution in [-0.4, -0.2) is 81.3 Å². The summed E-state index contributed by atoms with van der Waals surface area (Å²) in [4.78, 5) is 4.90. The number of piperazine rings is 1. The first-order valence-corrected chi connectivity index (χ1v) is 8.06. The van der Waals surface area contributed by atoms with Crippen LogP contribution in [0, 0.1) is 0 Å². The van der Waals surface area contributed by atoms with Crippen LogP contribution in [0.25, 0.3) is 0 Å². The van der Waals surface area contributed by atoms with Gasteiger partial charge in [0.25, 0.3) is 0 Å². The molecule has 5 heteroatoms. The molecule has 1 saturated carbocycles. The molecule has 0 aromatic rings. The Kier molecular flexibility index (Phi) is 4.94. The molecule has 20 heavy (non-hydrogen) atoms. The van der Waals surface area contributed by atoms with Crippen molar-refractivity contribution >= 4 is 0 Å².